The maximum absolute atomic E-state index is 5.49. The average Bonchev–Trinajstić information content (AvgIpc) is 2.85. The molecule has 0 unspecified atom stereocenters. The summed E-state index contributed by atoms with van der Waals surface area (Å²) in [6, 6.07) is 7.82. The van der Waals surface area contributed by atoms with E-state index in [0.29, 0.717) is 13.2 Å². The Morgan fingerprint density at radius 1 is 1.12 bits per heavy atom. The average molecular weight is 222 g/mol. The molecule has 0 spiro atoms. The lowest BCUT2D eigenvalue weighted by Gasteiger charge is -2.18. The highest BCUT2D eigenvalue weighted by atomic mass is 16.7. The molecule has 1 aliphatic rings. The van der Waals surface area contributed by atoms with E-state index in [1.165, 1.54) is 0 Å². The molecule has 5 heteroatoms. The zero-order chi connectivity index (χ0) is 11.4. The fourth-order valence-electron chi connectivity index (χ4n) is 1.83. The highest BCUT2D eigenvalue weighted by molar-refractivity contribution is 6.62. The monoisotopic (exact) mass is 222 g/mol. The summed E-state index contributed by atoms with van der Waals surface area (Å²) < 4.78 is 21.5. The Kier molecular flexibility index (Phi) is 3.95. The normalized spacial score (nSPS) is 16.1. The third-order valence-corrected chi connectivity index (χ3v) is 2.55. The van der Waals surface area contributed by atoms with Crippen molar-refractivity contribution in [3.8, 4) is 0 Å². The summed E-state index contributed by atoms with van der Waals surface area (Å²) in [6.45, 7) is 1.26. The van der Waals surface area contributed by atoms with Gasteiger partial charge in [0.25, 0.3) is 0 Å². The van der Waals surface area contributed by atoms with Crippen LogP contribution >= 0.6 is 0 Å². The van der Waals surface area contributed by atoms with E-state index >= 15 is 0 Å². The standard InChI is InChI=1S/C11H15BO4/c1-13-11(14-2)9-5-3-4-6-10(9)12-15-7-8-16-12/h3-6,11H,7-8H2,1-2H3. The molecule has 1 saturated heterocycles. The minimum absolute atomic E-state index is 0.302. The second-order valence-electron chi connectivity index (χ2n) is 3.51. The molecule has 0 aliphatic carbocycles. The van der Waals surface area contributed by atoms with Crippen molar-refractivity contribution in [1.82, 2.24) is 0 Å². The van der Waals surface area contributed by atoms with Crippen LogP contribution in [-0.4, -0.2) is 34.6 Å². The van der Waals surface area contributed by atoms with Gasteiger partial charge in [-0.05, 0) is 5.46 Å². The number of ether oxygens (including phenoxy) is 2. The zero-order valence-electron chi connectivity index (χ0n) is 9.51. The molecular formula is C11H15BO4. The van der Waals surface area contributed by atoms with E-state index in [1.54, 1.807) is 14.2 Å². The van der Waals surface area contributed by atoms with Gasteiger partial charge in [0.15, 0.2) is 6.29 Å². The van der Waals surface area contributed by atoms with E-state index in [0.717, 1.165) is 11.0 Å². The second-order valence-corrected chi connectivity index (χ2v) is 3.51. The molecule has 16 heavy (non-hydrogen) atoms. The highest BCUT2D eigenvalue weighted by Crippen LogP contribution is 2.16. The Hall–Kier alpha value is -0.875. The summed E-state index contributed by atoms with van der Waals surface area (Å²) >= 11 is 0. The summed E-state index contributed by atoms with van der Waals surface area (Å²) in [5.74, 6) is 0. The molecule has 0 amide bonds. The van der Waals surface area contributed by atoms with Gasteiger partial charge < -0.3 is 18.8 Å². The molecule has 1 aliphatic heterocycles. The molecule has 0 N–H and O–H groups in total. The van der Waals surface area contributed by atoms with Crippen LogP contribution in [0.25, 0.3) is 0 Å². The summed E-state index contributed by atoms with van der Waals surface area (Å²) in [5, 5.41) is 0. The van der Waals surface area contributed by atoms with Gasteiger partial charge in [-0.3, -0.25) is 0 Å². The van der Waals surface area contributed by atoms with Gasteiger partial charge in [-0.2, -0.15) is 0 Å². The van der Waals surface area contributed by atoms with Gasteiger partial charge >= 0.3 is 7.12 Å². The van der Waals surface area contributed by atoms with E-state index in [-0.39, 0.29) is 13.4 Å². The molecule has 1 aromatic rings. The van der Waals surface area contributed by atoms with Gasteiger partial charge in [0.05, 0.1) is 13.2 Å². The van der Waals surface area contributed by atoms with E-state index in [2.05, 4.69) is 0 Å². The molecule has 1 heterocycles. The van der Waals surface area contributed by atoms with Crippen LogP contribution in [0.3, 0.4) is 0 Å². The van der Waals surface area contributed by atoms with Crippen LogP contribution < -0.4 is 5.46 Å². The fraction of sp³-hybridized carbons (Fsp3) is 0.455. The number of hydrogen-bond acceptors (Lipinski definition) is 4. The number of methoxy groups -OCH3 is 2. The van der Waals surface area contributed by atoms with Crippen LogP contribution in [0.1, 0.15) is 11.9 Å². The van der Waals surface area contributed by atoms with Crippen LogP contribution in [0.4, 0.5) is 0 Å². The highest BCUT2D eigenvalue weighted by Gasteiger charge is 2.30. The number of benzene rings is 1. The van der Waals surface area contributed by atoms with E-state index in [4.69, 9.17) is 18.8 Å². The fourth-order valence-corrected chi connectivity index (χ4v) is 1.83. The summed E-state index contributed by atoms with van der Waals surface area (Å²) in [4.78, 5) is 0. The molecule has 4 nitrogen and oxygen atoms in total. The largest absolute Gasteiger partial charge is 0.494 e. The van der Waals surface area contributed by atoms with Crippen molar-refractivity contribution in [3.63, 3.8) is 0 Å². The molecule has 2 rings (SSSR count). The Bertz CT molecular complexity index is 314. The Morgan fingerprint density at radius 3 is 2.38 bits per heavy atom. The van der Waals surface area contributed by atoms with Crippen LogP contribution in [0, 0.1) is 0 Å². The number of rotatable bonds is 4. The van der Waals surface area contributed by atoms with Gasteiger partial charge in [-0.15, -0.1) is 0 Å². The van der Waals surface area contributed by atoms with E-state index in [1.807, 2.05) is 24.3 Å². The Morgan fingerprint density at radius 2 is 1.75 bits per heavy atom. The first-order chi connectivity index (χ1) is 7.86. The smallest absolute Gasteiger partial charge is 0.405 e. The maximum Gasteiger partial charge on any atom is 0.494 e. The topological polar surface area (TPSA) is 36.9 Å². The summed E-state index contributed by atoms with van der Waals surface area (Å²) in [5.41, 5.74) is 1.91. The lowest BCUT2D eigenvalue weighted by atomic mass is 9.76. The first-order valence-electron chi connectivity index (χ1n) is 5.24. The van der Waals surface area contributed by atoms with E-state index < -0.39 is 0 Å². The third-order valence-electron chi connectivity index (χ3n) is 2.55. The maximum atomic E-state index is 5.49. The van der Waals surface area contributed by atoms with Crippen LogP contribution in [-0.2, 0) is 18.8 Å². The molecular weight excluding hydrogens is 207 g/mol. The molecule has 0 bridgehead atoms. The quantitative estimate of drug-likeness (QED) is 0.555. The first-order valence-corrected chi connectivity index (χ1v) is 5.24. The van der Waals surface area contributed by atoms with Gasteiger partial charge in [0.2, 0.25) is 0 Å². The zero-order valence-corrected chi connectivity index (χ0v) is 9.51. The van der Waals surface area contributed by atoms with Crippen molar-refractivity contribution in [1.29, 1.82) is 0 Å². The first kappa shape index (κ1) is 11.6. The lowest BCUT2D eigenvalue weighted by molar-refractivity contribution is -0.105. The van der Waals surface area contributed by atoms with E-state index in [9.17, 15) is 0 Å². The predicted molar refractivity (Wildman–Crippen MR) is 60.5 cm³/mol. The van der Waals surface area contributed by atoms with Crippen LogP contribution in [0.5, 0.6) is 0 Å². The SMILES string of the molecule is COC(OC)c1ccccc1B1OCCO1. The lowest BCUT2D eigenvalue weighted by Crippen LogP contribution is -2.35. The second kappa shape index (κ2) is 5.45. The molecule has 0 aromatic heterocycles. The molecule has 86 valence electrons. The molecule has 0 radical (unpaired) electrons. The van der Waals surface area contributed by atoms with Crippen LogP contribution in [0.15, 0.2) is 24.3 Å². The molecule has 0 atom stereocenters. The Labute approximate surface area is 95.6 Å². The Balaban J connectivity index is 2.28. The minimum Gasteiger partial charge on any atom is -0.405 e. The van der Waals surface area contributed by atoms with Crippen molar-refractivity contribution in [2.45, 2.75) is 6.29 Å². The van der Waals surface area contributed by atoms with Crippen LogP contribution in [0.2, 0.25) is 0 Å². The van der Waals surface area contributed by atoms with Crippen molar-refractivity contribution < 1.29 is 18.8 Å². The summed E-state index contributed by atoms with van der Waals surface area (Å²) in [6.07, 6.45) is -0.385. The minimum atomic E-state index is -0.385. The van der Waals surface area contributed by atoms with Crippen molar-refractivity contribution in [3.05, 3.63) is 29.8 Å². The molecule has 0 saturated carbocycles. The van der Waals surface area contributed by atoms with Gasteiger partial charge in [-0.25, -0.2) is 0 Å². The van der Waals surface area contributed by atoms with Gasteiger partial charge in [-0.1, -0.05) is 24.3 Å². The van der Waals surface area contributed by atoms with Crippen molar-refractivity contribution >= 4 is 12.6 Å². The third kappa shape index (κ3) is 2.27. The predicted octanol–water partition coefficient (Wildman–Crippen LogP) is 0.720. The van der Waals surface area contributed by atoms with Crippen molar-refractivity contribution in [2.24, 2.45) is 0 Å². The van der Waals surface area contributed by atoms with Gasteiger partial charge in [0.1, 0.15) is 0 Å². The number of hydrogen-bond donors (Lipinski definition) is 0. The van der Waals surface area contributed by atoms with Crippen molar-refractivity contribution in [2.75, 3.05) is 27.4 Å². The summed E-state index contributed by atoms with van der Waals surface area (Å²) in [7, 11) is 2.92. The molecule has 1 fully saturated rings. The van der Waals surface area contributed by atoms with Gasteiger partial charge in [0, 0.05) is 19.8 Å². The molecule has 1 aromatic carbocycles.